The summed E-state index contributed by atoms with van der Waals surface area (Å²) in [4.78, 5) is 10.8. The van der Waals surface area contributed by atoms with Crippen molar-refractivity contribution in [2.75, 3.05) is 0 Å². The summed E-state index contributed by atoms with van der Waals surface area (Å²) in [6.45, 7) is 17.8. The van der Waals surface area contributed by atoms with Gasteiger partial charge in [0.05, 0.1) is 0 Å². The largest absolute Gasteiger partial charge is 0.508 e. The second kappa shape index (κ2) is 19.7. The molecule has 0 aliphatic rings. The van der Waals surface area contributed by atoms with Crippen molar-refractivity contribution in [3.05, 3.63) is 35.1 Å². The van der Waals surface area contributed by atoms with Crippen LogP contribution in [-0.4, -0.2) is 10.9 Å². The Hall–Kier alpha value is -1.31. The van der Waals surface area contributed by atoms with Gasteiger partial charge >= 0.3 is 0 Å². The smallest absolute Gasteiger partial charge is 0.159 e. The molecule has 142 valence electrons. The average molecular weight is 339 g/mol. The summed E-state index contributed by atoms with van der Waals surface area (Å²) in [5.74, 6) is 0.880. The van der Waals surface area contributed by atoms with Gasteiger partial charge in [0.1, 0.15) is 5.76 Å². The monoisotopic (exact) mass is 338 g/mol. The third kappa shape index (κ3) is 18.7. The van der Waals surface area contributed by atoms with E-state index in [-0.39, 0.29) is 11.5 Å². The molecule has 0 saturated carbocycles. The maximum atomic E-state index is 10.8. The van der Waals surface area contributed by atoms with E-state index in [4.69, 9.17) is 0 Å². The van der Waals surface area contributed by atoms with Gasteiger partial charge in [0.15, 0.2) is 5.78 Å². The quantitative estimate of drug-likeness (QED) is 0.214. The van der Waals surface area contributed by atoms with E-state index in [1.165, 1.54) is 45.1 Å². The number of Topliss-reactive ketones (excluding diaryl/α,β-unsaturated/α-hetero) is 1. The first-order valence-corrected chi connectivity index (χ1v) is 9.51. The molecule has 0 aliphatic carbocycles. The Morgan fingerprint density at radius 1 is 1.04 bits per heavy atom. The molecule has 0 radical (unpaired) electrons. The Bertz CT molecular complexity index is 387. The fourth-order valence-electron chi connectivity index (χ4n) is 1.56. The zero-order valence-corrected chi connectivity index (χ0v) is 17.7. The molecule has 0 saturated heterocycles. The van der Waals surface area contributed by atoms with Crippen molar-refractivity contribution in [3.63, 3.8) is 0 Å². The fourth-order valence-corrected chi connectivity index (χ4v) is 1.56. The number of unbranched alkanes of at least 4 members (excludes halogenated alkanes) is 2. The van der Waals surface area contributed by atoms with Crippen molar-refractivity contribution in [1.29, 1.82) is 0 Å². The van der Waals surface area contributed by atoms with E-state index >= 15 is 0 Å². The highest BCUT2D eigenvalue weighted by atomic mass is 16.3. The molecule has 0 aromatic carbocycles. The summed E-state index contributed by atoms with van der Waals surface area (Å²) in [5.41, 5.74) is 1.43. The normalized spacial score (nSPS) is 13.3. The number of ketones is 1. The number of rotatable bonds is 8. The predicted octanol–water partition coefficient (Wildman–Crippen LogP) is 7.57. The van der Waals surface area contributed by atoms with E-state index in [1.54, 1.807) is 13.0 Å². The predicted molar refractivity (Wildman–Crippen MR) is 110 cm³/mol. The number of aliphatic hydroxyl groups is 1. The molecule has 0 fully saturated rings. The lowest BCUT2D eigenvalue weighted by atomic mass is 10.0. The Kier molecular flexibility index (Phi) is 22.6. The van der Waals surface area contributed by atoms with E-state index in [1.807, 2.05) is 33.8 Å². The Balaban J connectivity index is -0.000000351. The number of carbonyl (C=O) groups excluding carboxylic acids is 1. The highest BCUT2D eigenvalue weighted by Crippen LogP contribution is 2.11. The van der Waals surface area contributed by atoms with Crippen LogP contribution in [0, 0.1) is 5.92 Å². The summed E-state index contributed by atoms with van der Waals surface area (Å²) < 4.78 is 0. The van der Waals surface area contributed by atoms with Gasteiger partial charge < -0.3 is 5.11 Å². The van der Waals surface area contributed by atoms with Crippen molar-refractivity contribution >= 4 is 5.78 Å². The maximum absolute atomic E-state index is 10.8. The molecule has 0 aliphatic heterocycles. The SMILES string of the molecule is C/C=C(C)/C=C\C(O)=C(/C)C(C)=O.CC.CCCCCC(C)CC. The molecule has 0 aromatic rings. The average Bonchev–Trinajstić information content (AvgIpc) is 2.60. The van der Waals surface area contributed by atoms with Crippen LogP contribution in [0.5, 0.6) is 0 Å². The van der Waals surface area contributed by atoms with Crippen LogP contribution in [0.1, 0.15) is 94.4 Å². The first-order valence-electron chi connectivity index (χ1n) is 9.51. The number of aliphatic hydroxyl groups excluding tert-OH is 1. The van der Waals surface area contributed by atoms with E-state index in [0.717, 1.165) is 11.5 Å². The molecule has 2 heteroatoms. The summed E-state index contributed by atoms with van der Waals surface area (Å²) in [6, 6.07) is 0. The van der Waals surface area contributed by atoms with Gasteiger partial charge in [0, 0.05) is 5.57 Å². The second-order valence-corrected chi connectivity index (χ2v) is 5.94. The molecule has 1 atom stereocenters. The van der Waals surface area contributed by atoms with Gasteiger partial charge in [-0.05, 0) is 39.7 Å². The van der Waals surface area contributed by atoms with E-state index in [2.05, 4.69) is 20.8 Å². The zero-order chi connectivity index (χ0) is 19.5. The summed E-state index contributed by atoms with van der Waals surface area (Å²) in [6.07, 6.45) is 12.2. The Morgan fingerprint density at radius 3 is 1.96 bits per heavy atom. The van der Waals surface area contributed by atoms with Crippen LogP contribution >= 0.6 is 0 Å². The summed E-state index contributed by atoms with van der Waals surface area (Å²) >= 11 is 0. The first-order chi connectivity index (χ1) is 11.3. The molecule has 2 nitrogen and oxygen atoms in total. The number of hydrogen-bond acceptors (Lipinski definition) is 2. The molecular formula is C22H42O2. The van der Waals surface area contributed by atoms with E-state index in [0.29, 0.717) is 5.57 Å². The standard InChI is InChI=1S/C11H16O2.C9H20.C2H6/c1-5-8(2)6-7-11(13)9(3)10(4)12;1-4-6-7-8-9(3)5-2;1-2/h5-7,13H,1-4H3;9H,4-8H2,1-3H3;1-2H3/b7-6-,8-5+,11-9-;;. The molecular weight excluding hydrogens is 296 g/mol. The van der Waals surface area contributed by atoms with Gasteiger partial charge in [-0.15, -0.1) is 0 Å². The molecule has 24 heavy (non-hydrogen) atoms. The number of carbonyl (C=O) groups is 1. The van der Waals surface area contributed by atoms with Gasteiger partial charge in [-0.1, -0.05) is 84.4 Å². The fraction of sp³-hybridized carbons (Fsp3) is 0.682. The minimum atomic E-state index is -0.111. The van der Waals surface area contributed by atoms with Crippen molar-refractivity contribution in [2.24, 2.45) is 5.92 Å². The molecule has 0 amide bonds. The van der Waals surface area contributed by atoms with Crippen LogP contribution in [0.3, 0.4) is 0 Å². The second-order valence-electron chi connectivity index (χ2n) is 5.94. The Labute approximate surface area is 151 Å². The first kappa shape index (κ1) is 27.5. The van der Waals surface area contributed by atoms with Crippen molar-refractivity contribution in [1.82, 2.24) is 0 Å². The van der Waals surface area contributed by atoms with E-state index < -0.39 is 0 Å². The van der Waals surface area contributed by atoms with Crippen LogP contribution in [0.4, 0.5) is 0 Å². The van der Waals surface area contributed by atoms with Crippen LogP contribution in [-0.2, 0) is 4.79 Å². The lowest BCUT2D eigenvalue weighted by molar-refractivity contribution is -0.113. The van der Waals surface area contributed by atoms with Crippen molar-refractivity contribution in [3.8, 4) is 0 Å². The third-order valence-corrected chi connectivity index (χ3v) is 3.87. The molecule has 0 bridgehead atoms. The summed E-state index contributed by atoms with van der Waals surface area (Å²) in [7, 11) is 0. The third-order valence-electron chi connectivity index (χ3n) is 3.87. The molecule has 0 spiro atoms. The number of hydrogen-bond donors (Lipinski definition) is 1. The van der Waals surface area contributed by atoms with Gasteiger partial charge in [0.2, 0.25) is 0 Å². The molecule has 1 N–H and O–H groups in total. The van der Waals surface area contributed by atoms with Gasteiger partial charge in [-0.25, -0.2) is 0 Å². The lowest BCUT2D eigenvalue weighted by Crippen LogP contribution is -1.95. The number of allylic oxidation sites excluding steroid dienone is 5. The molecule has 0 heterocycles. The van der Waals surface area contributed by atoms with E-state index in [9.17, 15) is 9.90 Å². The van der Waals surface area contributed by atoms with Gasteiger partial charge in [0.25, 0.3) is 0 Å². The van der Waals surface area contributed by atoms with Crippen LogP contribution in [0.2, 0.25) is 0 Å². The zero-order valence-electron chi connectivity index (χ0n) is 17.7. The van der Waals surface area contributed by atoms with Gasteiger partial charge in [-0.3, -0.25) is 4.79 Å². The van der Waals surface area contributed by atoms with Crippen LogP contribution < -0.4 is 0 Å². The minimum absolute atomic E-state index is 0.0358. The van der Waals surface area contributed by atoms with Crippen molar-refractivity contribution < 1.29 is 9.90 Å². The van der Waals surface area contributed by atoms with Gasteiger partial charge in [-0.2, -0.15) is 0 Å². The lowest BCUT2D eigenvalue weighted by Gasteiger charge is -2.05. The molecule has 0 aromatic heterocycles. The molecule has 0 rings (SSSR count). The highest BCUT2D eigenvalue weighted by molar-refractivity contribution is 5.93. The van der Waals surface area contributed by atoms with Crippen LogP contribution in [0.15, 0.2) is 35.1 Å². The van der Waals surface area contributed by atoms with Crippen molar-refractivity contribution in [2.45, 2.75) is 94.4 Å². The maximum Gasteiger partial charge on any atom is 0.159 e. The summed E-state index contributed by atoms with van der Waals surface area (Å²) in [5, 5.41) is 9.38. The highest BCUT2D eigenvalue weighted by Gasteiger charge is 2.01. The Morgan fingerprint density at radius 2 is 1.58 bits per heavy atom. The molecule has 1 unspecified atom stereocenters. The topological polar surface area (TPSA) is 37.3 Å². The van der Waals surface area contributed by atoms with Crippen LogP contribution in [0.25, 0.3) is 0 Å². The minimum Gasteiger partial charge on any atom is -0.508 e.